The summed E-state index contributed by atoms with van der Waals surface area (Å²) < 4.78 is 0. The van der Waals surface area contributed by atoms with E-state index in [9.17, 15) is 10.1 Å². The van der Waals surface area contributed by atoms with Gasteiger partial charge in [-0.2, -0.15) is 0 Å². The molecular formula is C17H20N2O2. The first-order chi connectivity index (χ1) is 10.0. The lowest BCUT2D eigenvalue weighted by Crippen LogP contribution is -2.16. The van der Waals surface area contributed by atoms with Crippen LogP contribution in [-0.2, 0) is 13.0 Å². The van der Waals surface area contributed by atoms with E-state index in [0.29, 0.717) is 0 Å². The molecule has 0 amide bonds. The van der Waals surface area contributed by atoms with Crippen molar-refractivity contribution < 1.29 is 4.92 Å². The van der Waals surface area contributed by atoms with Gasteiger partial charge < -0.3 is 5.32 Å². The van der Waals surface area contributed by atoms with E-state index in [-0.39, 0.29) is 10.6 Å². The minimum Gasteiger partial charge on any atom is -0.312 e. The molecule has 0 radical (unpaired) electrons. The van der Waals surface area contributed by atoms with Gasteiger partial charge in [-0.1, -0.05) is 41.5 Å². The molecule has 0 aliphatic carbocycles. The third kappa shape index (κ3) is 4.68. The van der Waals surface area contributed by atoms with Crippen LogP contribution in [0.5, 0.6) is 0 Å². The van der Waals surface area contributed by atoms with Crippen LogP contribution >= 0.6 is 0 Å². The summed E-state index contributed by atoms with van der Waals surface area (Å²) in [4.78, 5) is 10.2. The Hall–Kier alpha value is -2.20. The van der Waals surface area contributed by atoms with Crippen molar-refractivity contribution in [2.75, 3.05) is 6.54 Å². The van der Waals surface area contributed by atoms with Gasteiger partial charge in [0.1, 0.15) is 0 Å². The molecule has 2 rings (SSSR count). The largest absolute Gasteiger partial charge is 0.312 e. The topological polar surface area (TPSA) is 55.2 Å². The Kier molecular flexibility index (Phi) is 5.06. The second-order valence-corrected chi connectivity index (χ2v) is 5.35. The first-order valence-electron chi connectivity index (χ1n) is 7.06. The Morgan fingerprint density at radius 2 is 1.62 bits per heavy atom. The Balaban J connectivity index is 1.80. The predicted octanol–water partition coefficient (Wildman–Crippen LogP) is 3.54. The Labute approximate surface area is 125 Å². The summed E-state index contributed by atoms with van der Waals surface area (Å²) in [5.74, 6) is 0. The molecule has 4 heteroatoms. The van der Waals surface area contributed by atoms with Crippen LogP contribution in [0.3, 0.4) is 0 Å². The average molecular weight is 284 g/mol. The molecule has 0 bridgehead atoms. The van der Waals surface area contributed by atoms with Gasteiger partial charge in [-0.15, -0.1) is 0 Å². The minimum absolute atomic E-state index is 0.141. The summed E-state index contributed by atoms with van der Waals surface area (Å²) in [6.45, 7) is 5.90. The summed E-state index contributed by atoms with van der Waals surface area (Å²) in [7, 11) is 0. The fraction of sp³-hybridized carbons (Fsp3) is 0.294. The van der Waals surface area contributed by atoms with E-state index in [4.69, 9.17) is 0 Å². The maximum absolute atomic E-state index is 10.6. The van der Waals surface area contributed by atoms with Gasteiger partial charge in [-0.25, -0.2) is 0 Å². The van der Waals surface area contributed by atoms with E-state index < -0.39 is 0 Å². The predicted molar refractivity (Wildman–Crippen MR) is 84.4 cm³/mol. The highest BCUT2D eigenvalue weighted by Gasteiger charge is 2.03. The van der Waals surface area contributed by atoms with Gasteiger partial charge in [-0.3, -0.25) is 10.1 Å². The standard InChI is InChI=1S/C17H20N2O2/c1-13-9-14(2)11-16(10-13)12-18-8-7-15-3-5-17(6-4-15)19(20)21/h3-6,9-11,18H,7-8,12H2,1-2H3. The van der Waals surface area contributed by atoms with Crippen molar-refractivity contribution in [2.45, 2.75) is 26.8 Å². The highest BCUT2D eigenvalue weighted by molar-refractivity contribution is 5.33. The molecule has 1 N–H and O–H groups in total. The molecule has 0 fully saturated rings. The fourth-order valence-electron chi connectivity index (χ4n) is 2.42. The van der Waals surface area contributed by atoms with Crippen LogP contribution in [0.1, 0.15) is 22.3 Å². The lowest BCUT2D eigenvalue weighted by molar-refractivity contribution is -0.384. The van der Waals surface area contributed by atoms with Gasteiger partial charge in [0.2, 0.25) is 0 Å². The summed E-state index contributed by atoms with van der Waals surface area (Å²) in [5.41, 5.74) is 5.09. The molecule has 2 aromatic carbocycles. The maximum atomic E-state index is 10.6. The van der Waals surface area contributed by atoms with E-state index in [2.05, 4.69) is 37.4 Å². The third-order valence-electron chi connectivity index (χ3n) is 3.35. The Bertz CT molecular complexity index is 601. The SMILES string of the molecule is Cc1cc(C)cc(CNCCc2ccc([N+](=O)[O-])cc2)c1. The second kappa shape index (κ2) is 6.99. The van der Waals surface area contributed by atoms with Crippen LogP contribution in [0.2, 0.25) is 0 Å². The van der Waals surface area contributed by atoms with Crippen LogP contribution in [0.4, 0.5) is 5.69 Å². The number of rotatable bonds is 6. The highest BCUT2D eigenvalue weighted by Crippen LogP contribution is 2.12. The molecular weight excluding hydrogens is 264 g/mol. The van der Waals surface area contributed by atoms with Crippen LogP contribution in [0.25, 0.3) is 0 Å². The van der Waals surface area contributed by atoms with Gasteiger partial charge in [0.15, 0.2) is 0 Å². The number of aryl methyl sites for hydroxylation is 2. The zero-order valence-electron chi connectivity index (χ0n) is 12.4. The van der Waals surface area contributed by atoms with Crippen LogP contribution < -0.4 is 5.32 Å². The molecule has 0 unspecified atom stereocenters. The molecule has 2 aromatic rings. The number of hydrogen-bond donors (Lipinski definition) is 1. The Morgan fingerprint density at radius 3 is 2.19 bits per heavy atom. The summed E-state index contributed by atoms with van der Waals surface area (Å²) in [6, 6.07) is 13.3. The molecule has 0 aliphatic rings. The van der Waals surface area contributed by atoms with Gasteiger partial charge in [0.25, 0.3) is 5.69 Å². The number of nitro groups is 1. The zero-order valence-corrected chi connectivity index (χ0v) is 12.4. The van der Waals surface area contributed by atoms with Crippen LogP contribution in [0, 0.1) is 24.0 Å². The molecule has 0 heterocycles. The monoisotopic (exact) mass is 284 g/mol. The van der Waals surface area contributed by atoms with Crippen molar-refractivity contribution in [3.8, 4) is 0 Å². The first-order valence-corrected chi connectivity index (χ1v) is 7.06. The van der Waals surface area contributed by atoms with E-state index in [1.165, 1.54) is 16.7 Å². The third-order valence-corrected chi connectivity index (χ3v) is 3.35. The molecule has 21 heavy (non-hydrogen) atoms. The Morgan fingerprint density at radius 1 is 1.00 bits per heavy atom. The summed E-state index contributed by atoms with van der Waals surface area (Å²) in [5, 5.41) is 14.0. The van der Waals surface area contributed by atoms with E-state index in [0.717, 1.165) is 25.1 Å². The quantitative estimate of drug-likeness (QED) is 0.501. The van der Waals surface area contributed by atoms with Gasteiger partial charge in [-0.05, 0) is 37.9 Å². The molecule has 0 atom stereocenters. The van der Waals surface area contributed by atoms with Gasteiger partial charge in [0, 0.05) is 18.7 Å². The molecule has 0 saturated carbocycles. The second-order valence-electron chi connectivity index (χ2n) is 5.35. The van der Waals surface area contributed by atoms with E-state index in [1.54, 1.807) is 12.1 Å². The van der Waals surface area contributed by atoms with E-state index >= 15 is 0 Å². The molecule has 0 aromatic heterocycles. The summed E-state index contributed by atoms with van der Waals surface area (Å²) >= 11 is 0. The van der Waals surface area contributed by atoms with Crippen LogP contribution in [-0.4, -0.2) is 11.5 Å². The average Bonchev–Trinajstić information content (AvgIpc) is 2.43. The van der Waals surface area contributed by atoms with Crippen molar-refractivity contribution in [3.05, 3.63) is 74.8 Å². The maximum Gasteiger partial charge on any atom is 0.269 e. The smallest absolute Gasteiger partial charge is 0.269 e. The van der Waals surface area contributed by atoms with E-state index in [1.807, 2.05) is 12.1 Å². The number of nitro benzene ring substituents is 1. The molecule has 110 valence electrons. The molecule has 0 spiro atoms. The number of non-ortho nitro benzene ring substituents is 1. The van der Waals surface area contributed by atoms with Gasteiger partial charge >= 0.3 is 0 Å². The van der Waals surface area contributed by atoms with Crippen molar-refractivity contribution in [3.63, 3.8) is 0 Å². The number of benzene rings is 2. The lowest BCUT2D eigenvalue weighted by Gasteiger charge is -2.07. The van der Waals surface area contributed by atoms with Crippen molar-refractivity contribution in [1.29, 1.82) is 0 Å². The summed E-state index contributed by atoms with van der Waals surface area (Å²) in [6.07, 6.45) is 0.864. The number of hydrogen-bond acceptors (Lipinski definition) is 3. The first kappa shape index (κ1) is 15.2. The lowest BCUT2D eigenvalue weighted by atomic mass is 10.1. The molecule has 4 nitrogen and oxygen atoms in total. The highest BCUT2D eigenvalue weighted by atomic mass is 16.6. The number of nitrogens with zero attached hydrogens (tertiary/aromatic N) is 1. The molecule has 0 aliphatic heterocycles. The van der Waals surface area contributed by atoms with Crippen LogP contribution in [0.15, 0.2) is 42.5 Å². The molecule has 0 saturated heterocycles. The van der Waals surface area contributed by atoms with Crippen molar-refractivity contribution in [1.82, 2.24) is 5.32 Å². The van der Waals surface area contributed by atoms with Crippen molar-refractivity contribution >= 4 is 5.69 Å². The minimum atomic E-state index is -0.373. The zero-order chi connectivity index (χ0) is 15.2. The normalized spacial score (nSPS) is 10.6. The number of nitrogens with one attached hydrogen (secondary N) is 1. The van der Waals surface area contributed by atoms with Gasteiger partial charge in [0.05, 0.1) is 4.92 Å². The van der Waals surface area contributed by atoms with Crippen molar-refractivity contribution in [2.24, 2.45) is 0 Å². The fourth-order valence-corrected chi connectivity index (χ4v) is 2.42.